The van der Waals surface area contributed by atoms with Gasteiger partial charge in [0.05, 0.1) is 36.1 Å². The van der Waals surface area contributed by atoms with Crippen molar-refractivity contribution in [3.8, 4) is 0 Å². The minimum absolute atomic E-state index is 0.165. The van der Waals surface area contributed by atoms with E-state index in [-0.39, 0.29) is 16.5 Å². The van der Waals surface area contributed by atoms with E-state index in [4.69, 9.17) is 4.74 Å². The fraction of sp³-hybridized carbons (Fsp3) is 0.391. The number of anilines is 1. The van der Waals surface area contributed by atoms with Gasteiger partial charge in [0.2, 0.25) is 15.9 Å². The first-order chi connectivity index (χ1) is 16.4. The van der Waals surface area contributed by atoms with Gasteiger partial charge in [0.1, 0.15) is 6.54 Å². The summed E-state index contributed by atoms with van der Waals surface area (Å²) in [5, 5.41) is 2.73. The Kier molecular flexibility index (Phi) is 8.18. The Morgan fingerprint density at radius 3 is 2.06 bits per heavy atom. The van der Waals surface area contributed by atoms with Crippen molar-refractivity contribution in [3.63, 3.8) is 0 Å². The van der Waals surface area contributed by atoms with E-state index in [1.165, 1.54) is 36.4 Å². The summed E-state index contributed by atoms with van der Waals surface area (Å²) in [6, 6.07) is 11.7. The normalized spacial score (nSPS) is 15.3. The minimum atomic E-state index is -3.80. The van der Waals surface area contributed by atoms with Crippen molar-refractivity contribution in [2.75, 3.05) is 49.7 Å². The summed E-state index contributed by atoms with van der Waals surface area (Å²) in [6.45, 7) is 3.18. The Hall–Kier alpha value is -2.96. The second-order valence-electron chi connectivity index (χ2n) is 8.35. The van der Waals surface area contributed by atoms with Crippen LogP contribution in [-0.4, -0.2) is 78.9 Å². The molecule has 190 valence electrons. The van der Waals surface area contributed by atoms with Crippen LogP contribution in [0.1, 0.15) is 28.9 Å². The van der Waals surface area contributed by atoms with Crippen molar-refractivity contribution in [2.45, 2.75) is 17.9 Å². The maximum absolute atomic E-state index is 12.7. The molecule has 0 spiro atoms. The van der Waals surface area contributed by atoms with Gasteiger partial charge in [0, 0.05) is 24.9 Å². The van der Waals surface area contributed by atoms with E-state index in [1.807, 2.05) is 0 Å². The molecule has 2 amide bonds. The maximum Gasteiger partial charge on any atom is 0.254 e. The standard InChI is InChI=1S/C23H29N3O7S2/c1-17(18-6-10-21(11-7-18)34(2,29)30)24-22(27)16-26(35(3,31)32)20-8-4-19(5-9-20)23(28)25-12-14-33-15-13-25/h4-11,17H,12-16H2,1-3H3,(H,24,27). The van der Waals surface area contributed by atoms with Gasteiger partial charge in [-0.25, -0.2) is 16.8 Å². The van der Waals surface area contributed by atoms with Crippen molar-refractivity contribution in [1.29, 1.82) is 0 Å². The average Bonchev–Trinajstić information content (AvgIpc) is 2.81. The number of nitrogens with zero attached hydrogens (tertiary/aromatic N) is 2. The Labute approximate surface area is 205 Å². The molecule has 12 heteroatoms. The Morgan fingerprint density at radius 2 is 1.54 bits per heavy atom. The van der Waals surface area contributed by atoms with Gasteiger partial charge < -0.3 is 15.0 Å². The predicted molar refractivity (Wildman–Crippen MR) is 131 cm³/mol. The topological polar surface area (TPSA) is 130 Å². The number of hydrogen-bond acceptors (Lipinski definition) is 7. The molecule has 2 aromatic rings. The highest BCUT2D eigenvalue weighted by atomic mass is 32.2. The number of carbonyl (C=O) groups is 2. The third-order valence-electron chi connectivity index (χ3n) is 5.57. The van der Waals surface area contributed by atoms with Gasteiger partial charge in [-0.2, -0.15) is 0 Å². The first-order valence-corrected chi connectivity index (χ1v) is 14.6. The lowest BCUT2D eigenvalue weighted by Crippen LogP contribution is -2.41. The predicted octanol–water partition coefficient (Wildman–Crippen LogP) is 1.21. The van der Waals surface area contributed by atoms with E-state index in [0.29, 0.717) is 37.4 Å². The summed E-state index contributed by atoms with van der Waals surface area (Å²) < 4.78 is 54.3. The Balaban J connectivity index is 1.69. The molecule has 1 N–H and O–H groups in total. The van der Waals surface area contributed by atoms with Crippen molar-refractivity contribution >= 4 is 37.4 Å². The van der Waals surface area contributed by atoms with E-state index in [9.17, 15) is 26.4 Å². The molecule has 2 aromatic carbocycles. The number of amides is 2. The summed E-state index contributed by atoms with van der Waals surface area (Å²) in [5.74, 6) is -0.706. The second-order valence-corrected chi connectivity index (χ2v) is 12.3. The molecule has 1 saturated heterocycles. The highest BCUT2D eigenvalue weighted by Gasteiger charge is 2.23. The van der Waals surface area contributed by atoms with Crippen molar-refractivity contribution in [2.24, 2.45) is 0 Å². The van der Waals surface area contributed by atoms with Crippen molar-refractivity contribution in [1.82, 2.24) is 10.2 Å². The SMILES string of the molecule is CC(NC(=O)CN(c1ccc(C(=O)N2CCOCC2)cc1)S(C)(=O)=O)c1ccc(S(C)(=O)=O)cc1. The van der Waals surface area contributed by atoms with Crippen LogP contribution in [0.4, 0.5) is 5.69 Å². The molecule has 1 aliphatic rings. The van der Waals surface area contributed by atoms with Crippen LogP contribution in [-0.2, 0) is 29.4 Å². The number of rotatable bonds is 8. The number of carbonyl (C=O) groups excluding carboxylic acids is 2. The van der Waals surface area contributed by atoms with Crippen molar-refractivity contribution < 1.29 is 31.2 Å². The minimum Gasteiger partial charge on any atom is -0.378 e. The highest BCUT2D eigenvalue weighted by molar-refractivity contribution is 7.92. The molecule has 3 rings (SSSR count). The van der Waals surface area contributed by atoms with Gasteiger partial charge in [0.25, 0.3) is 5.91 Å². The molecule has 1 fully saturated rings. The molecule has 10 nitrogen and oxygen atoms in total. The Morgan fingerprint density at radius 1 is 0.971 bits per heavy atom. The summed E-state index contributed by atoms with van der Waals surface area (Å²) >= 11 is 0. The quantitative estimate of drug-likeness (QED) is 0.550. The van der Waals surface area contributed by atoms with Crippen LogP contribution in [0.25, 0.3) is 0 Å². The van der Waals surface area contributed by atoms with Crippen LogP contribution in [0, 0.1) is 0 Å². The van der Waals surface area contributed by atoms with Crippen LogP contribution in [0.2, 0.25) is 0 Å². The summed E-state index contributed by atoms with van der Waals surface area (Å²) in [6.07, 6.45) is 2.11. The fourth-order valence-electron chi connectivity index (χ4n) is 3.62. The van der Waals surface area contributed by atoms with E-state index in [0.717, 1.165) is 16.8 Å². The lowest BCUT2D eigenvalue weighted by atomic mass is 10.1. The molecular formula is C23H29N3O7S2. The molecular weight excluding hydrogens is 494 g/mol. The number of morpholine rings is 1. The molecule has 1 heterocycles. The zero-order chi connectivity index (χ0) is 25.8. The monoisotopic (exact) mass is 523 g/mol. The third kappa shape index (κ3) is 7.03. The van der Waals surface area contributed by atoms with Gasteiger partial charge in [-0.3, -0.25) is 13.9 Å². The highest BCUT2D eigenvalue weighted by Crippen LogP contribution is 2.20. The van der Waals surface area contributed by atoms with E-state index in [2.05, 4.69) is 5.32 Å². The first kappa shape index (κ1) is 26.6. The first-order valence-electron chi connectivity index (χ1n) is 10.9. The number of benzene rings is 2. The molecule has 1 atom stereocenters. The molecule has 0 aliphatic carbocycles. The van der Waals surface area contributed by atoms with Gasteiger partial charge in [-0.1, -0.05) is 12.1 Å². The molecule has 0 bridgehead atoms. The molecule has 0 saturated carbocycles. The smallest absolute Gasteiger partial charge is 0.254 e. The largest absolute Gasteiger partial charge is 0.378 e. The average molecular weight is 524 g/mol. The summed E-state index contributed by atoms with van der Waals surface area (Å²) in [7, 11) is -7.13. The van der Waals surface area contributed by atoms with Gasteiger partial charge in [0.15, 0.2) is 9.84 Å². The second kappa shape index (κ2) is 10.8. The van der Waals surface area contributed by atoms with Crippen LogP contribution >= 0.6 is 0 Å². The molecule has 35 heavy (non-hydrogen) atoms. The maximum atomic E-state index is 12.7. The number of ether oxygens (including phenoxy) is 1. The number of nitrogens with one attached hydrogen (secondary N) is 1. The molecule has 1 aliphatic heterocycles. The number of hydrogen-bond donors (Lipinski definition) is 1. The zero-order valence-corrected chi connectivity index (χ0v) is 21.4. The third-order valence-corrected chi connectivity index (χ3v) is 7.84. The van der Waals surface area contributed by atoms with E-state index < -0.39 is 38.4 Å². The van der Waals surface area contributed by atoms with Crippen molar-refractivity contribution in [3.05, 3.63) is 59.7 Å². The van der Waals surface area contributed by atoms with Gasteiger partial charge in [-0.05, 0) is 48.9 Å². The number of sulfonamides is 1. The summed E-state index contributed by atoms with van der Waals surface area (Å²) in [5.41, 5.74) is 1.34. The Bertz CT molecular complexity index is 1270. The van der Waals surface area contributed by atoms with Crippen LogP contribution in [0.5, 0.6) is 0 Å². The lowest BCUT2D eigenvalue weighted by Gasteiger charge is -2.27. The molecule has 1 unspecified atom stereocenters. The van der Waals surface area contributed by atoms with Crippen LogP contribution < -0.4 is 9.62 Å². The molecule has 0 aromatic heterocycles. The van der Waals surface area contributed by atoms with E-state index >= 15 is 0 Å². The van der Waals surface area contributed by atoms with Gasteiger partial charge in [-0.15, -0.1) is 0 Å². The molecule has 0 radical (unpaired) electrons. The fourth-order valence-corrected chi connectivity index (χ4v) is 5.11. The van der Waals surface area contributed by atoms with E-state index in [1.54, 1.807) is 24.0 Å². The van der Waals surface area contributed by atoms with Gasteiger partial charge >= 0.3 is 0 Å². The van der Waals surface area contributed by atoms with Crippen LogP contribution in [0.3, 0.4) is 0 Å². The zero-order valence-electron chi connectivity index (χ0n) is 19.8. The lowest BCUT2D eigenvalue weighted by molar-refractivity contribution is -0.120. The number of sulfone groups is 1. The summed E-state index contributed by atoms with van der Waals surface area (Å²) in [4.78, 5) is 27.1. The van der Waals surface area contributed by atoms with Crippen LogP contribution in [0.15, 0.2) is 53.4 Å².